The number of hydrogen-bond acceptors (Lipinski definition) is 2. The van der Waals surface area contributed by atoms with Gasteiger partial charge >= 0.3 is 0 Å². The molecule has 0 bridgehead atoms. The van der Waals surface area contributed by atoms with Crippen molar-refractivity contribution in [3.05, 3.63) is 102 Å². The summed E-state index contributed by atoms with van der Waals surface area (Å²) in [6.07, 6.45) is 8.58. The van der Waals surface area contributed by atoms with E-state index in [4.69, 9.17) is 0 Å². The second-order valence-corrected chi connectivity index (χ2v) is 6.41. The third-order valence-electron chi connectivity index (χ3n) is 4.45. The lowest BCUT2D eigenvalue weighted by Gasteiger charge is -2.05. The van der Waals surface area contributed by atoms with Gasteiger partial charge in [0.25, 0.3) is 0 Å². The van der Waals surface area contributed by atoms with Gasteiger partial charge in [-0.1, -0.05) is 30.3 Å². The van der Waals surface area contributed by atoms with E-state index in [0.717, 1.165) is 22.0 Å². The number of anilines is 1. The fraction of sp³-hybridized carbons (Fsp3) is 0.0435. The lowest BCUT2D eigenvalue weighted by molar-refractivity contribution is -0.111. The zero-order valence-corrected chi connectivity index (χ0v) is 15.0. The Hall–Kier alpha value is -3.73. The Morgan fingerprint density at radius 1 is 1.04 bits per heavy atom. The van der Waals surface area contributed by atoms with Gasteiger partial charge < -0.3 is 9.88 Å². The number of amides is 1. The number of benzene rings is 2. The van der Waals surface area contributed by atoms with Crippen LogP contribution in [0.25, 0.3) is 17.0 Å². The maximum atomic E-state index is 13.2. The van der Waals surface area contributed by atoms with Gasteiger partial charge in [-0.25, -0.2) is 4.39 Å². The first-order valence-corrected chi connectivity index (χ1v) is 8.90. The molecule has 0 saturated heterocycles. The van der Waals surface area contributed by atoms with Crippen LogP contribution in [0, 0.1) is 5.82 Å². The Labute approximate surface area is 162 Å². The summed E-state index contributed by atoms with van der Waals surface area (Å²) in [7, 11) is 0. The Morgan fingerprint density at radius 3 is 2.57 bits per heavy atom. The predicted molar refractivity (Wildman–Crippen MR) is 109 cm³/mol. The minimum absolute atomic E-state index is 0.207. The van der Waals surface area contributed by atoms with Crippen LogP contribution in [0.1, 0.15) is 11.1 Å². The van der Waals surface area contributed by atoms with Crippen molar-refractivity contribution >= 4 is 28.6 Å². The lowest BCUT2D eigenvalue weighted by Crippen LogP contribution is -2.07. The van der Waals surface area contributed by atoms with Gasteiger partial charge in [-0.3, -0.25) is 9.78 Å². The van der Waals surface area contributed by atoms with Crippen LogP contribution in [0.3, 0.4) is 0 Å². The molecule has 4 rings (SSSR count). The highest BCUT2D eigenvalue weighted by molar-refractivity contribution is 6.03. The molecule has 0 saturated carbocycles. The molecule has 0 atom stereocenters. The first-order valence-electron chi connectivity index (χ1n) is 8.90. The summed E-state index contributed by atoms with van der Waals surface area (Å²) in [5.41, 5.74) is 3.71. The van der Waals surface area contributed by atoms with Gasteiger partial charge in [0, 0.05) is 53.4 Å². The number of nitrogens with one attached hydrogen (secondary N) is 1. The molecule has 0 aliphatic heterocycles. The number of nitrogens with zero attached hydrogens (tertiary/aromatic N) is 2. The molecular formula is C23H18FN3O. The number of hydrogen-bond donors (Lipinski definition) is 1. The zero-order chi connectivity index (χ0) is 19.3. The minimum atomic E-state index is -0.245. The van der Waals surface area contributed by atoms with Crippen molar-refractivity contribution in [2.24, 2.45) is 0 Å². The average Bonchev–Trinajstić information content (AvgIpc) is 3.07. The summed E-state index contributed by atoms with van der Waals surface area (Å²) in [6.45, 7) is 0.623. The summed E-state index contributed by atoms with van der Waals surface area (Å²) in [5, 5.41) is 3.86. The van der Waals surface area contributed by atoms with Crippen LogP contribution in [0.2, 0.25) is 0 Å². The topological polar surface area (TPSA) is 46.9 Å². The minimum Gasteiger partial charge on any atom is -0.342 e. The molecule has 1 N–H and O–H groups in total. The maximum Gasteiger partial charge on any atom is 0.248 e. The van der Waals surface area contributed by atoms with E-state index in [1.54, 1.807) is 42.7 Å². The van der Waals surface area contributed by atoms with E-state index in [2.05, 4.69) is 14.9 Å². The van der Waals surface area contributed by atoms with Gasteiger partial charge in [-0.15, -0.1) is 0 Å². The quantitative estimate of drug-likeness (QED) is 0.509. The third kappa shape index (κ3) is 3.99. The third-order valence-corrected chi connectivity index (χ3v) is 4.45. The van der Waals surface area contributed by atoms with Crippen molar-refractivity contribution in [2.75, 3.05) is 5.32 Å². The Balaban J connectivity index is 1.59. The van der Waals surface area contributed by atoms with E-state index in [1.807, 2.05) is 30.5 Å². The van der Waals surface area contributed by atoms with Crippen LogP contribution in [-0.2, 0) is 11.3 Å². The normalized spacial score (nSPS) is 11.2. The summed E-state index contributed by atoms with van der Waals surface area (Å²) < 4.78 is 15.3. The highest BCUT2D eigenvalue weighted by atomic mass is 19.1. The van der Waals surface area contributed by atoms with Gasteiger partial charge in [0.1, 0.15) is 5.82 Å². The van der Waals surface area contributed by atoms with Crippen molar-refractivity contribution in [1.82, 2.24) is 9.55 Å². The van der Waals surface area contributed by atoms with E-state index in [-0.39, 0.29) is 11.7 Å². The molecule has 4 nitrogen and oxygen atoms in total. The largest absolute Gasteiger partial charge is 0.342 e. The van der Waals surface area contributed by atoms with Crippen LogP contribution in [0.4, 0.5) is 10.1 Å². The molecule has 0 spiro atoms. The van der Waals surface area contributed by atoms with E-state index in [9.17, 15) is 9.18 Å². The number of carbonyl (C=O) groups excluding carboxylic acids is 1. The summed E-state index contributed by atoms with van der Waals surface area (Å²) in [4.78, 5) is 16.1. The molecule has 2 aromatic heterocycles. The highest BCUT2D eigenvalue weighted by Crippen LogP contribution is 2.23. The van der Waals surface area contributed by atoms with Crippen LogP contribution in [0.15, 0.2) is 85.3 Å². The van der Waals surface area contributed by atoms with E-state index >= 15 is 0 Å². The molecule has 2 aromatic carbocycles. The molecule has 28 heavy (non-hydrogen) atoms. The van der Waals surface area contributed by atoms with E-state index in [0.29, 0.717) is 12.2 Å². The summed E-state index contributed by atoms with van der Waals surface area (Å²) >= 11 is 0. The molecule has 2 heterocycles. The molecular weight excluding hydrogens is 353 g/mol. The number of rotatable bonds is 5. The zero-order valence-electron chi connectivity index (χ0n) is 15.0. The standard InChI is InChI=1S/C23H18FN3O/c24-19-8-5-17(6-9-19)15-27-16-18(21-3-1-2-4-22(21)27)7-10-23(28)26-20-11-13-25-14-12-20/h1-14,16H,15H2,(H,25,26,28)/b10-7-. The smallest absolute Gasteiger partial charge is 0.248 e. The molecule has 0 aliphatic rings. The monoisotopic (exact) mass is 371 g/mol. The number of pyridine rings is 1. The number of para-hydroxylation sites is 1. The van der Waals surface area contributed by atoms with Crippen LogP contribution in [-0.4, -0.2) is 15.5 Å². The number of carbonyl (C=O) groups is 1. The highest BCUT2D eigenvalue weighted by Gasteiger charge is 2.07. The van der Waals surface area contributed by atoms with E-state index in [1.165, 1.54) is 18.2 Å². The van der Waals surface area contributed by atoms with Gasteiger partial charge in [-0.05, 0) is 42.0 Å². The Kier molecular flexibility index (Phi) is 4.97. The summed E-state index contributed by atoms with van der Waals surface area (Å²) in [6, 6.07) is 18.0. The molecule has 5 heteroatoms. The van der Waals surface area contributed by atoms with Crippen molar-refractivity contribution in [2.45, 2.75) is 6.54 Å². The number of halogens is 1. The van der Waals surface area contributed by atoms with Crippen molar-refractivity contribution in [3.8, 4) is 0 Å². The van der Waals surface area contributed by atoms with Crippen molar-refractivity contribution in [3.63, 3.8) is 0 Å². The van der Waals surface area contributed by atoms with E-state index < -0.39 is 0 Å². The second-order valence-electron chi connectivity index (χ2n) is 6.41. The first kappa shape index (κ1) is 17.7. The molecule has 0 fully saturated rings. The SMILES string of the molecule is O=C(/C=C\c1cn(Cc2ccc(F)cc2)c2ccccc12)Nc1ccncc1. The fourth-order valence-corrected chi connectivity index (χ4v) is 3.11. The van der Waals surface area contributed by atoms with Crippen LogP contribution < -0.4 is 5.32 Å². The van der Waals surface area contributed by atoms with Crippen molar-refractivity contribution in [1.29, 1.82) is 0 Å². The van der Waals surface area contributed by atoms with Crippen LogP contribution >= 0.6 is 0 Å². The predicted octanol–water partition coefficient (Wildman–Crippen LogP) is 4.88. The molecule has 0 aliphatic carbocycles. The molecule has 138 valence electrons. The number of aromatic nitrogens is 2. The van der Waals surface area contributed by atoms with Gasteiger partial charge in [-0.2, -0.15) is 0 Å². The molecule has 0 unspecified atom stereocenters. The first-order chi connectivity index (χ1) is 13.7. The lowest BCUT2D eigenvalue weighted by atomic mass is 10.1. The van der Waals surface area contributed by atoms with Gasteiger partial charge in [0.05, 0.1) is 0 Å². The van der Waals surface area contributed by atoms with Crippen molar-refractivity contribution < 1.29 is 9.18 Å². The van der Waals surface area contributed by atoms with Gasteiger partial charge in [0.2, 0.25) is 5.91 Å². The van der Waals surface area contributed by atoms with Gasteiger partial charge in [0.15, 0.2) is 0 Å². The molecule has 4 aromatic rings. The molecule has 1 amide bonds. The maximum absolute atomic E-state index is 13.2. The average molecular weight is 371 g/mol. The van der Waals surface area contributed by atoms with Crippen LogP contribution in [0.5, 0.6) is 0 Å². The Morgan fingerprint density at radius 2 is 1.79 bits per heavy atom. The summed E-state index contributed by atoms with van der Waals surface area (Å²) in [5.74, 6) is -0.452. The second kappa shape index (κ2) is 7.88. The fourth-order valence-electron chi connectivity index (χ4n) is 3.11. The Bertz CT molecular complexity index is 1130. The molecule has 0 radical (unpaired) electrons. The number of fused-ring (bicyclic) bond motifs is 1.